The number of nitrogens with zero attached hydrogens (tertiary/aromatic N) is 5. The SMILES string of the molecule is CCc1nc2n(n1)CC(Nc1ncnc3sccc13)CC2. The molecular weight excluding hydrogens is 284 g/mol. The Kier molecular flexibility index (Phi) is 3.07. The van der Waals surface area contributed by atoms with Gasteiger partial charge in [-0.2, -0.15) is 5.10 Å². The lowest BCUT2D eigenvalue weighted by molar-refractivity contribution is 0.440. The van der Waals surface area contributed by atoms with Crippen LogP contribution in [0.25, 0.3) is 10.2 Å². The Morgan fingerprint density at radius 3 is 3.29 bits per heavy atom. The molecule has 1 N–H and O–H groups in total. The van der Waals surface area contributed by atoms with E-state index in [4.69, 9.17) is 0 Å². The van der Waals surface area contributed by atoms with E-state index in [0.29, 0.717) is 6.04 Å². The maximum Gasteiger partial charge on any atom is 0.150 e. The van der Waals surface area contributed by atoms with E-state index in [1.54, 1.807) is 17.7 Å². The third-order valence-corrected chi connectivity index (χ3v) is 4.64. The molecule has 0 fully saturated rings. The van der Waals surface area contributed by atoms with Crippen LogP contribution in [0.3, 0.4) is 0 Å². The molecule has 0 aromatic carbocycles. The molecule has 0 aliphatic carbocycles. The van der Waals surface area contributed by atoms with Gasteiger partial charge in [-0.15, -0.1) is 11.3 Å². The first-order valence-corrected chi connectivity index (χ1v) is 8.09. The molecule has 108 valence electrons. The van der Waals surface area contributed by atoms with Crippen LogP contribution < -0.4 is 5.32 Å². The molecule has 0 radical (unpaired) electrons. The van der Waals surface area contributed by atoms with Crippen LogP contribution in [-0.2, 0) is 19.4 Å². The average molecular weight is 300 g/mol. The summed E-state index contributed by atoms with van der Waals surface area (Å²) in [4.78, 5) is 14.3. The zero-order valence-electron chi connectivity index (χ0n) is 11.8. The third kappa shape index (κ3) is 2.27. The fourth-order valence-electron chi connectivity index (χ4n) is 2.73. The van der Waals surface area contributed by atoms with Gasteiger partial charge < -0.3 is 5.32 Å². The molecule has 6 nitrogen and oxygen atoms in total. The Morgan fingerprint density at radius 2 is 2.38 bits per heavy atom. The summed E-state index contributed by atoms with van der Waals surface area (Å²) in [5.41, 5.74) is 0. The monoisotopic (exact) mass is 300 g/mol. The van der Waals surface area contributed by atoms with E-state index < -0.39 is 0 Å². The van der Waals surface area contributed by atoms with Gasteiger partial charge in [0.1, 0.15) is 22.8 Å². The number of fused-ring (bicyclic) bond motifs is 2. The quantitative estimate of drug-likeness (QED) is 0.803. The van der Waals surface area contributed by atoms with Crippen molar-refractivity contribution >= 4 is 27.4 Å². The molecule has 0 amide bonds. The molecule has 1 aliphatic rings. The van der Waals surface area contributed by atoms with Crippen molar-refractivity contribution in [2.45, 2.75) is 38.8 Å². The summed E-state index contributed by atoms with van der Waals surface area (Å²) >= 11 is 1.64. The number of thiophene rings is 1. The number of aryl methyl sites for hydroxylation is 2. The zero-order valence-corrected chi connectivity index (χ0v) is 12.6. The Morgan fingerprint density at radius 1 is 1.43 bits per heavy atom. The van der Waals surface area contributed by atoms with Crippen molar-refractivity contribution < 1.29 is 0 Å². The second kappa shape index (κ2) is 5.07. The van der Waals surface area contributed by atoms with Gasteiger partial charge in [0, 0.05) is 18.9 Å². The summed E-state index contributed by atoms with van der Waals surface area (Å²) in [7, 11) is 0. The summed E-state index contributed by atoms with van der Waals surface area (Å²) in [6.07, 6.45) is 4.53. The van der Waals surface area contributed by atoms with Gasteiger partial charge in [0.2, 0.25) is 0 Å². The summed E-state index contributed by atoms with van der Waals surface area (Å²) in [5, 5.41) is 11.2. The largest absolute Gasteiger partial charge is 0.365 e. The average Bonchev–Trinajstić information content (AvgIpc) is 3.13. The topological polar surface area (TPSA) is 68.5 Å². The summed E-state index contributed by atoms with van der Waals surface area (Å²) in [6.45, 7) is 2.93. The van der Waals surface area contributed by atoms with Crippen LogP contribution in [0.4, 0.5) is 5.82 Å². The van der Waals surface area contributed by atoms with Crippen molar-refractivity contribution in [3.05, 3.63) is 29.4 Å². The molecule has 0 saturated heterocycles. The van der Waals surface area contributed by atoms with Crippen molar-refractivity contribution in [2.75, 3.05) is 5.32 Å². The van der Waals surface area contributed by atoms with Crippen LogP contribution in [0, 0.1) is 0 Å². The molecule has 3 aromatic rings. The lowest BCUT2D eigenvalue weighted by Crippen LogP contribution is -2.32. The normalized spacial score (nSPS) is 17.9. The van der Waals surface area contributed by atoms with Crippen molar-refractivity contribution in [1.29, 1.82) is 0 Å². The molecule has 1 aliphatic heterocycles. The third-order valence-electron chi connectivity index (χ3n) is 3.82. The van der Waals surface area contributed by atoms with Crippen LogP contribution in [0.15, 0.2) is 17.8 Å². The number of nitrogens with one attached hydrogen (secondary N) is 1. The van der Waals surface area contributed by atoms with Crippen molar-refractivity contribution in [1.82, 2.24) is 24.7 Å². The standard InChI is InChI=1S/C14H16N6S/c1-2-11-18-12-4-3-9(7-20(12)19-11)17-13-10-5-6-21-14(10)16-8-15-13/h5-6,8-9H,2-4,7H2,1H3,(H,15,16,17). The zero-order chi connectivity index (χ0) is 14.2. The molecule has 0 bridgehead atoms. The molecular formula is C14H16N6S. The highest BCUT2D eigenvalue weighted by molar-refractivity contribution is 7.16. The number of anilines is 1. The predicted molar refractivity (Wildman–Crippen MR) is 82.5 cm³/mol. The second-order valence-electron chi connectivity index (χ2n) is 5.22. The molecule has 0 saturated carbocycles. The first-order chi connectivity index (χ1) is 10.3. The highest BCUT2D eigenvalue weighted by Gasteiger charge is 2.22. The van der Waals surface area contributed by atoms with Crippen LogP contribution in [0.1, 0.15) is 25.0 Å². The van der Waals surface area contributed by atoms with E-state index in [0.717, 1.165) is 53.5 Å². The fourth-order valence-corrected chi connectivity index (χ4v) is 3.46. The molecule has 0 spiro atoms. The van der Waals surface area contributed by atoms with Gasteiger partial charge in [0.15, 0.2) is 5.82 Å². The molecule has 7 heteroatoms. The van der Waals surface area contributed by atoms with Gasteiger partial charge in [-0.05, 0) is 17.9 Å². The predicted octanol–water partition coefficient (Wildman–Crippen LogP) is 2.27. The summed E-state index contributed by atoms with van der Waals surface area (Å²) in [6, 6.07) is 2.41. The van der Waals surface area contributed by atoms with Crippen molar-refractivity contribution in [3.8, 4) is 0 Å². The molecule has 4 rings (SSSR count). The maximum absolute atomic E-state index is 4.55. The number of rotatable bonds is 3. The first kappa shape index (κ1) is 12.7. The molecule has 1 unspecified atom stereocenters. The lowest BCUT2D eigenvalue weighted by atomic mass is 10.1. The lowest BCUT2D eigenvalue weighted by Gasteiger charge is -2.24. The minimum atomic E-state index is 0.335. The Bertz CT molecular complexity index is 777. The minimum Gasteiger partial charge on any atom is -0.365 e. The summed E-state index contributed by atoms with van der Waals surface area (Å²) < 4.78 is 2.03. The minimum absolute atomic E-state index is 0.335. The number of hydrogen-bond acceptors (Lipinski definition) is 6. The van der Waals surface area contributed by atoms with Gasteiger partial charge in [0.05, 0.1) is 11.9 Å². The van der Waals surface area contributed by atoms with E-state index in [1.807, 2.05) is 4.68 Å². The number of aromatic nitrogens is 5. The van der Waals surface area contributed by atoms with Crippen LogP contribution in [0.5, 0.6) is 0 Å². The highest BCUT2D eigenvalue weighted by atomic mass is 32.1. The number of hydrogen-bond donors (Lipinski definition) is 1. The highest BCUT2D eigenvalue weighted by Crippen LogP contribution is 2.25. The van der Waals surface area contributed by atoms with E-state index in [2.05, 4.69) is 43.7 Å². The Balaban J connectivity index is 1.57. The van der Waals surface area contributed by atoms with E-state index in [9.17, 15) is 0 Å². The smallest absolute Gasteiger partial charge is 0.150 e. The second-order valence-corrected chi connectivity index (χ2v) is 6.12. The van der Waals surface area contributed by atoms with Gasteiger partial charge >= 0.3 is 0 Å². The van der Waals surface area contributed by atoms with Crippen LogP contribution >= 0.6 is 11.3 Å². The Labute approximate surface area is 126 Å². The van der Waals surface area contributed by atoms with Crippen LogP contribution in [-0.4, -0.2) is 30.8 Å². The molecule has 1 atom stereocenters. The Hall–Kier alpha value is -2.02. The van der Waals surface area contributed by atoms with Gasteiger partial charge in [-0.3, -0.25) is 0 Å². The molecule has 3 aromatic heterocycles. The molecule has 4 heterocycles. The van der Waals surface area contributed by atoms with E-state index >= 15 is 0 Å². The first-order valence-electron chi connectivity index (χ1n) is 7.21. The van der Waals surface area contributed by atoms with Crippen molar-refractivity contribution in [3.63, 3.8) is 0 Å². The maximum atomic E-state index is 4.55. The van der Waals surface area contributed by atoms with Gasteiger partial charge in [0.25, 0.3) is 0 Å². The van der Waals surface area contributed by atoms with E-state index in [1.165, 1.54) is 0 Å². The van der Waals surface area contributed by atoms with Crippen LogP contribution in [0.2, 0.25) is 0 Å². The van der Waals surface area contributed by atoms with E-state index in [-0.39, 0.29) is 0 Å². The van der Waals surface area contributed by atoms with Crippen molar-refractivity contribution in [2.24, 2.45) is 0 Å². The van der Waals surface area contributed by atoms with Gasteiger partial charge in [-0.25, -0.2) is 19.6 Å². The summed E-state index contributed by atoms with van der Waals surface area (Å²) in [5.74, 6) is 2.96. The fraction of sp³-hybridized carbons (Fsp3) is 0.429. The molecule has 21 heavy (non-hydrogen) atoms. The van der Waals surface area contributed by atoms with Gasteiger partial charge in [-0.1, -0.05) is 6.92 Å².